The van der Waals surface area contributed by atoms with Gasteiger partial charge in [0.15, 0.2) is 0 Å². The summed E-state index contributed by atoms with van der Waals surface area (Å²) in [5.41, 5.74) is 3.36. The van der Waals surface area contributed by atoms with E-state index in [-0.39, 0.29) is 17.3 Å². The summed E-state index contributed by atoms with van der Waals surface area (Å²) in [6.45, 7) is 6.78. The summed E-state index contributed by atoms with van der Waals surface area (Å²) in [6, 6.07) is 13.1. The molecule has 6 heteroatoms. The van der Waals surface area contributed by atoms with Crippen LogP contribution >= 0.6 is 0 Å². The van der Waals surface area contributed by atoms with Gasteiger partial charge in [0.05, 0.1) is 11.1 Å². The second kappa shape index (κ2) is 10.7. The van der Waals surface area contributed by atoms with Crippen molar-refractivity contribution in [3.05, 3.63) is 83.8 Å². The van der Waals surface area contributed by atoms with Crippen molar-refractivity contribution in [1.29, 1.82) is 0 Å². The molecule has 0 amide bonds. The van der Waals surface area contributed by atoms with E-state index in [0.29, 0.717) is 17.4 Å². The minimum atomic E-state index is -0.623. The molecule has 1 fully saturated rings. The molecule has 1 saturated carbocycles. The van der Waals surface area contributed by atoms with Crippen molar-refractivity contribution in [3.63, 3.8) is 0 Å². The number of hydrogen-bond donors (Lipinski definition) is 0. The highest BCUT2D eigenvalue weighted by atomic mass is 19.1. The van der Waals surface area contributed by atoms with Gasteiger partial charge in [-0.25, -0.2) is 8.78 Å². The van der Waals surface area contributed by atoms with Crippen molar-refractivity contribution in [1.82, 2.24) is 10.1 Å². The molecule has 176 valence electrons. The lowest BCUT2D eigenvalue weighted by molar-refractivity contribution is 0.256. The van der Waals surface area contributed by atoms with Crippen LogP contribution < -0.4 is 0 Å². The average molecular weight is 462 g/mol. The number of benzene rings is 2. The summed E-state index contributed by atoms with van der Waals surface area (Å²) in [6.07, 6.45) is 7.45. The largest absolute Gasteiger partial charge is 0.334 e. The van der Waals surface area contributed by atoms with Crippen molar-refractivity contribution in [2.45, 2.75) is 39.0 Å². The highest BCUT2D eigenvalue weighted by Gasteiger charge is 2.26. The van der Waals surface area contributed by atoms with Crippen LogP contribution in [0, 0.1) is 23.5 Å². The first-order chi connectivity index (χ1) is 16.5. The van der Waals surface area contributed by atoms with Crippen LogP contribution in [0.1, 0.15) is 50.5 Å². The van der Waals surface area contributed by atoms with Crippen molar-refractivity contribution >= 4 is 17.4 Å². The fourth-order valence-electron chi connectivity index (χ4n) is 4.74. The van der Waals surface area contributed by atoms with Gasteiger partial charge in [-0.05, 0) is 59.6 Å². The highest BCUT2D eigenvalue weighted by molar-refractivity contribution is 6.20. The number of rotatable bonds is 7. The Labute approximate surface area is 199 Å². The van der Waals surface area contributed by atoms with E-state index in [2.05, 4.69) is 28.6 Å². The third-order valence-corrected chi connectivity index (χ3v) is 6.57. The van der Waals surface area contributed by atoms with E-state index < -0.39 is 11.6 Å². The van der Waals surface area contributed by atoms with Gasteiger partial charge in [-0.2, -0.15) is 4.98 Å². The van der Waals surface area contributed by atoms with Crippen LogP contribution in [0.2, 0.25) is 0 Å². The molecule has 4 nitrogen and oxygen atoms in total. The summed E-state index contributed by atoms with van der Waals surface area (Å²) in [5.74, 6) is 0.154. The molecule has 0 N–H and O–H groups in total. The first-order valence-electron chi connectivity index (χ1n) is 11.7. The third-order valence-electron chi connectivity index (χ3n) is 6.57. The maximum absolute atomic E-state index is 14.3. The second-order valence-electron chi connectivity index (χ2n) is 8.92. The van der Waals surface area contributed by atoms with Crippen LogP contribution in [0.15, 0.2) is 70.2 Å². The number of aromatic nitrogens is 2. The Bertz CT molecular complexity index is 1210. The Balaban J connectivity index is 1.80. The van der Waals surface area contributed by atoms with E-state index in [4.69, 9.17) is 4.52 Å². The van der Waals surface area contributed by atoms with Gasteiger partial charge < -0.3 is 4.52 Å². The quantitative estimate of drug-likeness (QED) is 0.272. The van der Waals surface area contributed by atoms with Crippen LogP contribution in [0.3, 0.4) is 0 Å². The minimum Gasteiger partial charge on any atom is -0.334 e. The van der Waals surface area contributed by atoms with Crippen molar-refractivity contribution in [2.24, 2.45) is 16.8 Å². The Kier molecular flexibility index (Phi) is 7.46. The standard InChI is InChI=1S/C28H29F2N3O/c1-18-9-7-8-12-21(18)15-19(2)26(20-10-5-4-6-11-20)24(17-31-3)28-32-27(33-34-28)23-16-22(29)13-14-25(23)30/h4-6,10-11,13-14,16-18,21H,2,7-9,12,15H2,1,3H3/b26-24-,31-17?/t18-,21-/m1/s1. The zero-order valence-electron chi connectivity index (χ0n) is 19.6. The number of hydrogen-bond acceptors (Lipinski definition) is 4. The first-order valence-corrected chi connectivity index (χ1v) is 11.7. The molecule has 0 unspecified atom stereocenters. The van der Waals surface area contributed by atoms with Crippen LogP contribution in [0.25, 0.3) is 22.5 Å². The lowest BCUT2D eigenvalue weighted by atomic mass is 9.75. The Morgan fingerprint density at radius 3 is 2.65 bits per heavy atom. The molecule has 1 heterocycles. The summed E-state index contributed by atoms with van der Waals surface area (Å²) < 4.78 is 33.6. The van der Waals surface area contributed by atoms with Gasteiger partial charge in [0.1, 0.15) is 11.6 Å². The van der Waals surface area contributed by atoms with Crippen LogP contribution in [0.5, 0.6) is 0 Å². The smallest absolute Gasteiger partial charge is 0.260 e. The van der Waals surface area contributed by atoms with Gasteiger partial charge >= 0.3 is 0 Å². The molecule has 0 aliphatic heterocycles. The molecule has 0 saturated heterocycles. The first kappa shape index (κ1) is 23.7. The molecule has 2 atom stereocenters. The van der Waals surface area contributed by atoms with Gasteiger partial charge in [0.25, 0.3) is 5.89 Å². The summed E-state index contributed by atoms with van der Waals surface area (Å²) >= 11 is 0. The Morgan fingerprint density at radius 2 is 1.91 bits per heavy atom. The predicted octanol–water partition coefficient (Wildman–Crippen LogP) is 7.40. The van der Waals surface area contributed by atoms with E-state index >= 15 is 0 Å². The predicted molar refractivity (Wildman–Crippen MR) is 132 cm³/mol. The van der Waals surface area contributed by atoms with Crippen molar-refractivity contribution < 1.29 is 13.3 Å². The number of allylic oxidation sites excluding steroid dienone is 3. The zero-order valence-corrected chi connectivity index (χ0v) is 19.6. The SMILES string of the molecule is C=C(C[C@H]1CCCC[C@H]1C)/C(=C(\C=NC)c1nc(-c2cc(F)ccc2F)no1)c1ccccc1. The van der Waals surface area contributed by atoms with Gasteiger partial charge in [-0.15, -0.1) is 0 Å². The zero-order chi connectivity index (χ0) is 24.1. The van der Waals surface area contributed by atoms with E-state index in [9.17, 15) is 8.78 Å². The molecule has 1 aliphatic rings. The van der Waals surface area contributed by atoms with Gasteiger partial charge in [-0.3, -0.25) is 4.99 Å². The van der Waals surface area contributed by atoms with Crippen LogP contribution in [0.4, 0.5) is 8.78 Å². The molecule has 2 aromatic carbocycles. The normalized spacial score (nSPS) is 19.3. The fourth-order valence-corrected chi connectivity index (χ4v) is 4.74. The monoisotopic (exact) mass is 461 g/mol. The summed E-state index contributed by atoms with van der Waals surface area (Å²) in [7, 11) is 1.66. The summed E-state index contributed by atoms with van der Waals surface area (Å²) in [4.78, 5) is 8.65. The number of halogens is 2. The number of aliphatic imine (C=N–C) groups is 1. The maximum atomic E-state index is 14.3. The van der Waals surface area contributed by atoms with E-state index in [1.54, 1.807) is 13.3 Å². The van der Waals surface area contributed by atoms with Gasteiger partial charge in [0.2, 0.25) is 5.82 Å². The highest BCUT2D eigenvalue weighted by Crippen LogP contribution is 2.39. The topological polar surface area (TPSA) is 51.3 Å². The van der Waals surface area contributed by atoms with E-state index in [0.717, 1.165) is 41.3 Å². The maximum Gasteiger partial charge on any atom is 0.260 e. The van der Waals surface area contributed by atoms with E-state index in [1.165, 1.54) is 25.7 Å². The molecule has 0 spiro atoms. The Hall–Kier alpha value is -3.41. The second-order valence-corrected chi connectivity index (χ2v) is 8.92. The average Bonchev–Trinajstić information content (AvgIpc) is 3.32. The lowest BCUT2D eigenvalue weighted by Gasteiger charge is -2.30. The molecule has 1 aliphatic carbocycles. The molecular weight excluding hydrogens is 432 g/mol. The molecule has 1 aromatic heterocycles. The van der Waals surface area contributed by atoms with E-state index in [1.807, 2.05) is 30.3 Å². The molecule has 34 heavy (non-hydrogen) atoms. The molecule has 3 aromatic rings. The van der Waals surface area contributed by atoms with Gasteiger partial charge in [0, 0.05) is 13.3 Å². The van der Waals surface area contributed by atoms with Crippen LogP contribution in [-0.4, -0.2) is 23.4 Å². The van der Waals surface area contributed by atoms with Gasteiger partial charge in [-0.1, -0.05) is 68.3 Å². The minimum absolute atomic E-state index is 0.0204. The molecule has 4 rings (SSSR count). The number of nitrogens with zero attached hydrogens (tertiary/aromatic N) is 3. The molecule has 0 radical (unpaired) electrons. The summed E-state index contributed by atoms with van der Waals surface area (Å²) in [5, 5.41) is 3.94. The lowest BCUT2D eigenvalue weighted by Crippen LogP contribution is -2.17. The Morgan fingerprint density at radius 1 is 1.15 bits per heavy atom. The molecular formula is C28H29F2N3O. The van der Waals surface area contributed by atoms with Crippen molar-refractivity contribution in [3.8, 4) is 11.4 Å². The van der Waals surface area contributed by atoms with Crippen molar-refractivity contribution in [2.75, 3.05) is 7.05 Å². The van der Waals surface area contributed by atoms with Crippen LogP contribution in [-0.2, 0) is 0 Å². The molecule has 0 bridgehead atoms. The fraction of sp³-hybridized carbons (Fsp3) is 0.321. The third kappa shape index (κ3) is 5.22.